The van der Waals surface area contributed by atoms with Gasteiger partial charge in [0.15, 0.2) is 5.58 Å². The lowest BCUT2D eigenvalue weighted by Crippen LogP contribution is -2.07. The molecule has 0 spiro atoms. The van der Waals surface area contributed by atoms with Gasteiger partial charge >= 0.3 is 0 Å². The van der Waals surface area contributed by atoms with Crippen molar-refractivity contribution in [1.82, 2.24) is 4.98 Å². The number of hydrogen-bond acceptors (Lipinski definition) is 5. The molecular formula is C27H18Cl2N2O4. The number of halogens is 2. The van der Waals surface area contributed by atoms with E-state index < -0.39 is 0 Å². The van der Waals surface area contributed by atoms with Gasteiger partial charge in [-0.25, -0.2) is 4.98 Å². The zero-order chi connectivity index (χ0) is 24.4. The highest BCUT2D eigenvalue weighted by molar-refractivity contribution is 6.36. The van der Waals surface area contributed by atoms with Gasteiger partial charge in [-0.2, -0.15) is 0 Å². The highest BCUT2D eigenvalue weighted by Crippen LogP contribution is 2.32. The molecule has 1 N–H and O–H groups in total. The minimum absolute atomic E-state index is 0.297. The molecule has 0 saturated carbocycles. The molecule has 0 fully saturated rings. The van der Waals surface area contributed by atoms with Crippen LogP contribution in [0.1, 0.15) is 5.76 Å². The maximum absolute atomic E-state index is 12.4. The molecule has 3 aromatic carbocycles. The minimum Gasteiger partial charge on any atom is -0.497 e. The number of hydrogen-bond donors (Lipinski definition) is 1. The maximum Gasteiger partial charge on any atom is 0.248 e. The van der Waals surface area contributed by atoms with E-state index in [1.807, 2.05) is 30.3 Å². The number of anilines is 1. The van der Waals surface area contributed by atoms with E-state index in [2.05, 4.69) is 10.3 Å². The highest BCUT2D eigenvalue weighted by atomic mass is 35.5. The molecule has 0 aliphatic rings. The summed E-state index contributed by atoms with van der Waals surface area (Å²) >= 11 is 12.2. The molecule has 5 aromatic rings. The lowest BCUT2D eigenvalue weighted by Gasteiger charge is -2.03. The smallest absolute Gasteiger partial charge is 0.248 e. The standard InChI is InChI=1S/C27H18Cl2N2O4/c1-33-20-8-12-25-23(15-20)31-27(35-25)16-2-5-18(6-3-16)30-26(32)13-9-19-7-11-24(34-19)21-10-4-17(28)14-22(21)29/h2-15H,1H3,(H,30,32). The van der Waals surface area contributed by atoms with Gasteiger partial charge in [0.1, 0.15) is 22.8 Å². The minimum atomic E-state index is -0.297. The summed E-state index contributed by atoms with van der Waals surface area (Å²) in [7, 11) is 1.60. The van der Waals surface area contributed by atoms with Crippen molar-refractivity contribution in [2.24, 2.45) is 0 Å². The molecule has 0 unspecified atom stereocenters. The van der Waals surface area contributed by atoms with Crippen LogP contribution in [0.15, 0.2) is 87.7 Å². The Labute approximate surface area is 210 Å². The van der Waals surface area contributed by atoms with E-state index >= 15 is 0 Å². The lowest BCUT2D eigenvalue weighted by molar-refractivity contribution is -0.111. The van der Waals surface area contributed by atoms with Crippen LogP contribution in [0, 0.1) is 0 Å². The van der Waals surface area contributed by atoms with Crippen LogP contribution in [0.3, 0.4) is 0 Å². The number of carbonyl (C=O) groups excluding carboxylic acids is 1. The second-order valence-corrected chi connectivity index (χ2v) is 8.42. The molecule has 0 bridgehead atoms. The van der Waals surface area contributed by atoms with Crippen molar-refractivity contribution in [2.45, 2.75) is 0 Å². The molecule has 1 amide bonds. The number of furan rings is 1. The Morgan fingerprint density at radius 3 is 2.57 bits per heavy atom. The van der Waals surface area contributed by atoms with Crippen molar-refractivity contribution in [3.05, 3.63) is 94.7 Å². The van der Waals surface area contributed by atoms with Crippen molar-refractivity contribution in [3.8, 4) is 28.5 Å². The summed E-state index contributed by atoms with van der Waals surface area (Å²) < 4.78 is 16.8. The molecule has 174 valence electrons. The second kappa shape index (κ2) is 9.70. The van der Waals surface area contributed by atoms with Crippen molar-refractivity contribution in [2.75, 3.05) is 12.4 Å². The van der Waals surface area contributed by atoms with Crippen molar-refractivity contribution in [3.63, 3.8) is 0 Å². The van der Waals surface area contributed by atoms with Gasteiger partial charge in [0, 0.05) is 34.0 Å². The summed E-state index contributed by atoms with van der Waals surface area (Å²) in [4.78, 5) is 16.9. The molecule has 35 heavy (non-hydrogen) atoms. The third kappa shape index (κ3) is 5.09. The van der Waals surface area contributed by atoms with Crippen LogP contribution in [0.5, 0.6) is 5.75 Å². The van der Waals surface area contributed by atoms with E-state index in [0.717, 1.165) is 11.1 Å². The van der Waals surface area contributed by atoms with Crippen LogP contribution in [0.25, 0.3) is 40.0 Å². The Morgan fingerprint density at radius 2 is 1.80 bits per heavy atom. The summed E-state index contributed by atoms with van der Waals surface area (Å²) in [5, 5.41) is 3.85. The van der Waals surface area contributed by atoms with Crippen LogP contribution in [0.2, 0.25) is 10.0 Å². The second-order valence-electron chi connectivity index (χ2n) is 7.58. The van der Waals surface area contributed by atoms with E-state index in [4.69, 9.17) is 36.8 Å². The number of methoxy groups -OCH3 is 1. The van der Waals surface area contributed by atoms with Crippen LogP contribution in [0.4, 0.5) is 5.69 Å². The van der Waals surface area contributed by atoms with Crippen LogP contribution in [-0.2, 0) is 4.79 Å². The van der Waals surface area contributed by atoms with Gasteiger partial charge < -0.3 is 18.9 Å². The number of benzene rings is 3. The van der Waals surface area contributed by atoms with Gasteiger partial charge in [0.25, 0.3) is 0 Å². The van der Waals surface area contributed by atoms with Crippen LogP contribution in [-0.4, -0.2) is 18.0 Å². The van der Waals surface area contributed by atoms with Crippen molar-refractivity contribution in [1.29, 1.82) is 0 Å². The first kappa shape index (κ1) is 22.8. The molecular weight excluding hydrogens is 487 g/mol. The van der Waals surface area contributed by atoms with Gasteiger partial charge in [0.2, 0.25) is 11.8 Å². The molecule has 8 heteroatoms. The molecule has 0 aliphatic carbocycles. The molecule has 0 atom stereocenters. The molecule has 5 rings (SSSR count). The van der Waals surface area contributed by atoms with E-state index in [0.29, 0.717) is 50.0 Å². The number of oxazole rings is 1. The Kier molecular flexibility index (Phi) is 6.31. The van der Waals surface area contributed by atoms with Crippen LogP contribution >= 0.6 is 23.2 Å². The molecule has 0 aliphatic heterocycles. The number of carbonyl (C=O) groups is 1. The predicted octanol–water partition coefficient (Wildman–Crippen LogP) is 7.72. The summed E-state index contributed by atoms with van der Waals surface area (Å²) in [5.41, 5.74) is 3.52. The Hall–Kier alpha value is -4.00. The van der Waals surface area contributed by atoms with E-state index in [9.17, 15) is 4.79 Å². The van der Waals surface area contributed by atoms with Gasteiger partial charge in [-0.15, -0.1) is 0 Å². The first-order valence-electron chi connectivity index (χ1n) is 10.6. The van der Waals surface area contributed by atoms with E-state index in [-0.39, 0.29) is 5.91 Å². The first-order chi connectivity index (χ1) is 17.0. The molecule has 2 aromatic heterocycles. The zero-order valence-electron chi connectivity index (χ0n) is 18.4. The largest absolute Gasteiger partial charge is 0.497 e. The Morgan fingerprint density at radius 1 is 0.971 bits per heavy atom. The molecule has 6 nitrogen and oxygen atoms in total. The molecule has 0 saturated heterocycles. The fraction of sp³-hybridized carbons (Fsp3) is 0.0370. The van der Waals surface area contributed by atoms with Crippen LogP contribution < -0.4 is 10.1 Å². The summed E-state index contributed by atoms with van der Waals surface area (Å²) in [5.74, 6) is 2.00. The van der Waals surface area contributed by atoms with Gasteiger partial charge in [-0.3, -0.25) is 4.79 Å². The number of ether oxygens (including phenoxy) is 1. The zero-order valence-corrected chi connectivity index (χ0v) is 19.9. The third-order valence-corrected chi connectivity index (χ3v) is 5.76. The topological polar surface area (TPSA) is 77.5 Å². The average Bonchev–Trinajstić information content (AvgIpc) is 3.50. The molecule has 0 radical (unpaired) electrons. The van der Waals surface area contributed by atoms with E-state index in [1.54, 1.807) is 55.7 Å². The first-order valence-corrected chi connectivity index (χ1v) is 11.3. The SMILES string of the molecule is COc1ccc2oc(-c3ccc(NC(=O)C=Cc4ccc(-c5ccc(Cl)cc5Cl)o4)cc3)nc2c1. The average molecular weight is 505 g/mol. The highest BCUT2D eigenvalue weighted by Gasteiger charge is 2.11. The quantitative estimate of drug-likeness (QED) is 0.239. The summed E-state index contributed by atoms with van der Waals surface area (Å²) in [6.07, 6.45) is 2.98. The summed E-state index contributed by atoms with van der Waals surface area (Å²) in [6.45, 7) is 0. The van der Waals surface area contributed by atoms with Crippen molar-refractivity contribution >= 4 is 52.0 Å². The van der Waals surface area contributed by atoms with E-state index in [1.165, 1.54) is 6.08 Å². The number of nitrogens with one attached hydrogen (secondary N) is 1. The fourth-order valence-electron chi connectivity index (χ4n) is 3.47. The number of nitrogens with zero attached hydrogens (tertiary/aromatic N) is 1. The Bertz CT molecular complexity index is 1550. The Balaban J connectivity index is 1.24. The third-order valence-electron chi connectivity index (χ3n) is 5.22. The molecule has 2 heterocycles. The van der Waals surface area contributed by atoms with Gasteiger partial charge in [0.05, 0.1) is 12.1 Å². The number of fused-ring (bicyclic) bond motifs is 1. The lowest BCUT2D eigenvalue weighted by atomic mass is 10.2. The van der Waals surface area contributed by atoms with Gasteiger partial charge in [-0.1, -0.05) is 23.2 Å². The fourth-order valence-corrected chi connectivity index (χ4v) is 3.97. The maximum atomic E-state index is 12.4. The van der Waals surface area contributed by atoms with Crippen molar-refractivity contribution < 1.29 is 18.4 Å². The normalized spacial score (nSPS) is 11.3. The monoisotopic (exact) mass is 504 g/mol. The predicted molar refractivity (Wildman–Crippen MR) is 138 cm³/mol. The summed E-state index contributed by atoms with van der Waals surface area (Å²) in [6, 6.07) is 21.4. The number of amides is 1. The van der Waals surface area contributed by atoms with Gasteiger partial charge in [-0.05, 0) is 72.8 Å². The number of aromatic nitrogens is 1. The number of rotatable bonds is 6.